The number of ether oxygens (including phenoxy) is 1. The second-order valence-corrected chi connectivity index (χ2v) is 5.90. The van der Waals surface area contributed by atoms with Crippen LogP contribution in [0.4, 0.5) is 5.13 Å². The Morgan fingerprint density at radius 1 is 1.43 bits per heavy atom. The van der Waals surface area contributed by atoms with Crippen molar-refractivity contribution >= 4 is 34.0 Å². The number of nitrogens with one attached hydrogen (secondary N) is 1. The van der Waals surface area contributed by atoms with Crippen molar-refractivity contribution in [1.82, 2.24) is 10.2 Å². The van der Waals surface area contributed by atoms with E-state index in [-0.39, 0.29) is 5.91 Å². The quantitative estimate of drug-likeness (QED) is 0.882. The van der Waals surface area contributed by atoms with Crippen LogP contribution in [0, 0.1) is 0 Å². The number of aryl methyl sites for hydroxylation is 1. The molecule has 112 valence electrons. The van der Waals surface area contributed by atoms with Gasteiger partial charge in [0.05, 0.1) is 5.02 Å². The van der Waals surface area contributed by atoms with Crippen molar-refractivity contribution < 1.29 is 9.53 Å². The number of hydrogen-bond donors (Lipinski definition) is 1. The van der Waals surface area contributed by atoms with Crippen LogP contribution in [0.2, 0.25) is 5.02 Å². The van der Waals surface area contributed by atoms with E-state index in [1.807, 2.05) is 0 Å². The minimum atomic E-state index is -0.677. The van der Waals surface area contributed by atoms with Gasteiger partial charge in [-0.2, -0.15) is 0 Å². The zero-order valence-corrected chi connectivity index (χ0v) is 13.4. The van der Waals surface area contributed by atoms with Crippen LogP contribution in [0.1, 0.15) is 25.3 Å². The molecule has 5 nitrogen and oxygen atoms in total. The Hall–Kier alpha value is -1.66. The number of aromatic nitrogens is 2. The van der Waals surface area contributed by atoms with Gasteiger partial charge in [0.2, 0.25) is 5.13 Å². The Bertz CT molecular complexity index is 618. The third-order valence-electron chi connectivity index (χ3n) is 2.67. The third-order valence-corrected chi connectivity index (χ3v) is 3.88. The van der Waals surface area contributed by atoms with Gasteiger partial charge in [-0.1, -0.05) is 42.0 Å². The van der Waals surface area contributed by atoms with Crippen LogP contribution in [0.15, 0.2) is 24.3 Å². The maximum absolute atomic E-state index is 12.1. The third kappa shape index (κ3) is 4.41. The predicted molar refractivity (Wildman–Crippen MR) is 84.1 cm³/mol. The first-order chi connectivity index (χ1) is 10.1. The van der Waals surface area contributed by atoms with Crippen molar-refractivity contribution in [2.24, 2.45) is 0 Å². The zero-order chi connectivity index (χ0) is 15.2. The summed E-state index contributed by atoms with van der Waals surface area (Å²) in [5.74, 6) is 0.194. The smallest absolute Gasteiger partial charge is 0.266 e. The molecular weight excluding hydrogens is 310 g/mol. The van der Waals surface area contributed by atoms with E-state index in [0.717, 1.165) is 17.8 Å². The van der Waals surface area contributed by atoms with Crippen LogP contribution >= 0.6 is 22.9 Å². The molecule has 1 N–H and O–H groups in total. The summed E-state index contributed by atoms with van der Waals surface area (Å²) >= 11 is 7.37. The minimum Gasteiger partial charge on any atom is -0.479 e. The summed E-state index contributed by atoms with van der Waals surface area (Å²) < 4.78 is 5.55. The van der Waals surface area contributed by atoms with E-state index in [2.05, 4.69) is 22.4 Å². The number of halogens is 1. The first-order valence-corrected chi connectivity index (χ1v) is 7.84. The molecule has 2 aromatic rings. The summed E-state index contributed by atoms with van der Waals surface area (Å²) in [4.78, 5) is 12.1. The van der Waals surface area contributed by atoms with Gasteiger partial charge in [-0.15, -0.1) is 10.2 Å². The molecule has 1 amide bonds. The summed E-state index contributed by atoms with van der Waals surface area (Å²) in [6.45, 7) is 3.73. The highest BCUT2D eigenvalue weighted by atomic mass is 35.5. The molecule has 0 spiro atoms. The lowest BCUT2D eigenvalue weighted by Gasteiger charge is -2.14. The fourth-order valence-electron chi connectivity index (χ4n) is 1.61. The topological polar surface area (TPSA) is 64.1 Å². The van der Waals surface area contributed by atoms with Crippen LogP contribution in [0.3, 0.4) is 0 Å². The molecule has 0 aliphatic heterocycles. The number of hydrogen-bond acceptors (Lipinski definition) is 5. The second-order valence-electron chi connectivity index (χ2n) is 4.43. The summed E-state index contributed by atoms with van der Waals surface area (Å²) in [6.07, 6.45) is 1.18. The van der Waals surface area contributed by atoms with E-state index in [1.165, 1.54) is 11.3 Å². The van der Waals surface area contributed by atoms with E-state index in [9.17, 15) is 4.79 Å². The molecule has 2 rings (SSSR count). The highest BCUT2D eigenvalue weighted by Gasteiger charge is 2.17. The van der Waals surface area contributed by atoms with Crippen LogP contribution < -0.4 is 10.1 Å². The lowest BCUT2D eigenvalue weighted by molar-refractivity contribution is -0.122. The van der Waals surface area contributed by atoms with Gasteiger partial charge in [0.1, 0.15) is 10.8 Å². The SMILES string of the molecule is CCCc1nnc(NC(=O)C(C)Oc2ccccc2Cl)s1. The number of para-hydroxylation sites is 1. The van der Waals surface area contributed by atoms with Crippen molar-refractivity contribution in [3.63, 3.8) is 0 Å². The van der Waals surface area contributed by atoms with E-state index in [4.69, 9.17) is 16.3 Å². The number of carbonyl (C=O) groups excluding carboxylic acids is 1. The van der Waals surface area contributed by atoms with Gasteiger partial charge in [-0.3, -0.25) is 10.1 Å². The lowest BCUT2D eigenvalue weighted by atomic mass is 10.3. The number of anilines is 1. The first kappa shape index (κ1) is 15.7. The lowest BCUT2D eigenvalue weighted by Crippen LogP contribution is -2.30. The molecule has 0 fully saturated rings. The standard InChI is InChI=1S/C14H16ClN3O2S/c1-3-6-12-17-18-14(21-12)16-13(19)9(2)20-11-8-5-4-7-10(11)15/h4-5,7-9H,3,6H2,1-2H3,(H,16,18,19). The van der Waals surface area contributed by atoms with Gasteiger partial charge in [-0.05, 0) is 25.5 Å². The summed E-state index contributed by atoms with van der Waals surface area (Å²) in [5, 5.41) is 12.5. The molecule has 1 atom stereocenters. The van der Waals surface area contributed by atoms with Crippen molar-refractivity contribution in [3.8, 4) is 5.75 Å². The molecule has 0 aliphatic carbocycles. The van der Waals surface area contributed by atoms with Crippen molar-refractivity contribution in [3.05, 3.63) is 34.3 Å². The first-order valence-electron chi connectivity index (χ1n) is 6.64. The summed E-state index contributed by atoms with van der Waals surface area (Å²) in [5.41, 5.74) is 0. The predicted octanol–water partition coefficient (Wildman–Crippen LogP) is 3.55. The largest absolute Gasteiger partial charge is 0.479 e. The Morgan fingerprint density at radius 2 is 2.19 bits per heavy atom. The second kappa shape index (κ2) is 7.38. The van der Waals surface area contributed by atoms with E-state index in [0.29, 0.717) is 15.9 Å². The van der Waals surface area contributed by atoms with Gasteiger partial charge in [0.25, 0.3) is 5.91 Å². The number of benzene rings is 1. The Morgan fingerprint density at radius 3 is 2.90 bits per heavy atom. The minimum absolute atomic E-state index is 0.283. The Kier molecular flexibility index (Phi) is 5.52. The summed E-state index contributed by atoms with van der Waals surface area (Å²) in [6, 6.07) is 7.03. The fourth-order valence-corrected chi connectivity index (χ4v) is 2.63. The average Bonchev–Trinajstić information content (AvgIpc) is 2.89. The highest BCUT2D eigenvalue weighted by molar-refractivity contribution is 7.15. The molecule has 1 aromatic carbocycles. The van der Waals surface area contributed by atoms with Crippen molar-refractivity contribution in [2.45, 2.75) is 32.8 Å². The molecule has 1 heterocycles. The number of nitrogens with zero attached hydrogens (tertiary/aromatic N) is 2. The molecule has 21 heavy (non-hydrogen) atoms. The van der Waals surface area contributed by atoms with Crippen LogP contribution in [0.5, 0.6) is 5.75 Å². The number of amides is 1. The van der Waals surface area contributed by atoms with Crippen molar-refractivity contribution in [2.75, 3.05) is 5.32 Å². The molecule has 0 bridgehead atoms. The molecule has 1 aromatic heterocycles. The fraction of sp³-hybridized carbons (Fsp3) is 0.357. The maximum atomic E-state index is 12.1. The van der Waals surface area contributed by atoms with Crippen LogP contribution in [-0.2, 0) is 11.2 Å². The normalized spacial score (nSPS) is 12.0. The van der Waals surface area contributed by atoms with Gasteiger partial charge in [-0.25, -0.2) is 0 Å². The summed E-state index contributed by atoms with van der Waals surface area (Å²) in [7, 11) is 0. The zero-order valence-electron chi connectivity index (χ0n) is 11.8. The van der Waals surface area contributed by atoms with Gasteiger partial charge < -0.3 is 4.74 Å². The highest BCUT2D eigenvalue weighted by Crippen LogP contribution is 2.24. The van der Waals surface area contributed by atoms with E-state index < -0.39 is 6.10 Å². The number of carbonyl (C=O) groups is 1. The van der Waals surface area contributed by atoms with Crippen LogP contribution in [0.25, 0.3) is 0 Å². The average molecular weight is 326 g/mol. The maximum Gasteiger partial charge on any atom is 0.266 e. The van der Waals surface area contributed by atoms with Gasteiger partial charge >= 0.3 is 0 Å². The Labute approximate surface area is 132 Å². The monoisotopic (exact) mass is 325 g/mol. The molecule has 7 heteroatoms. The van der Waals surface area contributed by atoms with Gasteiger partial charge in [0, 0.05) is 6.42 Å². The molecule has 0 aliphatic rings. The van der Waals surface area contributed by atoms with Crippen molar-refractivity contribution in [1.29, 1.82) is 0 Å². The molecule has 0 saturated heterocycles. The molecule has 1 unspecified atom stereocenters. The molecule has 0 radical (unpaired) electrons. The Balaban J connectivity index is 1.94. The van der Waals surface area contributed by atoms with E-state index in [1.54, 1.807) is 31.2 Å². The van der Waals surface area contributed by atoms with Gasteiger partial charge in [0.15, 0.2) is 6.10 Å². The molecule has 0 saturated carbocycles. The van der Waals surface area contributed by atoms with Crippen LogP contribution in [-0.4, -0.2) is 22.2 Å². The number of rotatable bonds is 6. The molecular formula is C14H16ClN3O2S. The van der Waals surface area contributed by atoms with E-state index >= 15 is 0 Å².